The maximum atomic E-state index is 13.3. The number of rotatable bonds is 7. The van der Waals surface area contributed by atoms with E-state index in [0.717, 1.165) is 38.9 Å². The lowest BCUT2D eigenvalue weighted by molar-refractivity contribution is 0.613. The summed E-state index contributed by atoms with van der Waals surface area (Å²) in [5, 5.41) is 27.7. The van der Waals surface area contributed by atoms with Gasteiger partial charge < -0.3 is 0 Å². The molecule has 296 valence electrons. The SMILES string of the molecule is CC(C)Cc1nnc2c(-c3ccc(Cl)cc3)c(-c3ccc(Cl)cc3)cnn2c1=O.O=c1c(-c2ccc(F)cc2)nnc2c(-c3ccncc3)c(-c3ccc(Cl)cc3)cnn12. The van der Waals surface area contributed by atoms with E-state index in [2.05, 4.69) is 35.6 Å². The molecule has 0 radical (unpaired) electrons. The Morgan fingerprint density at radius 2 is 0.967 bits per heavy atom. The molecule has 0 spiro atoms. The van der Waals surface area contributed by atoms with E-state index in [0.29, 0.717) is 55.5 Å². The van der Waals surface area contributed by atoms with Crippen LogP contribution in [-0.2, 0) is 6.42 Å². The lowest BCUT2D eigenvalue weighted by Crippen LogP contribution is -2.25. The monoisotopic (exact) mass is 853 g/mol. The molecule has 0 saturated heterocycles. The summed E-state index contributed by atoms with van der Waals surface area (Å²) in [6.45, 7) is 4.07. The summed E-state index contributed by atoms with van der Waals surface area (Å²) in [7, 11) is 0. The van der Waals surface area contributed by atoms with Gasteiger partial charge in [-0.15, -0.1) is 20.4 Å². The minimum atomic E-state index is -0.449. The largest absolute Gasteiger partial charge is 0.301 e. The molecule has 0 N–H and O–H groups in total. The van der Waals surface area contributed by atoms with E-state index in [9.17, 15) is 14.0 Å². The van der Waals surface area contributed by atoms with Gasteiger partial charge in [-0.1, -0.05) is 85.0 Å². The van der Waals surface area contributed by atoms with Gasteiger partial charge in [-0.25, -0.2) is 4.39 Å². The summed E-state index contributed by atoms with van der Waals surface area (Å²) in [6.07, 6.45) is 7.17. The van der Waals surface area contributed by atoms with Crippen LogP contribution < -0.4 is 11.1 Å². The number of aromatic nitrogens is 9. The first kappa shape index (κ1) is 40.1. The molecular weight excluding hydrogens is 824 g/mol. The molecule has 5 aromatic heterocycles. The highest BCUT2D eigenvalue weighted by Gasteiger charge is 2.20. The van der Waals surface area contributed by atoms with Gasteiger partial charge in [-0.2, -0.15) is 19.2 Å². The molecule has 0 amide bonds. The minimum absolute atomic E-state index is 0.0879. The fourth-order valence-electron chi connectivity index (χ4n) is 6.62. The second kappa shape index (κ2) is 17.2. The van der Waals surface area contributed by atoms with Crippen LogP contribution in [0.25, 0.3) is 67.1 Å². The van der Waals surface area contributed by atoms with Gasteiger partial charge in [-0.3, -0.25) is 14.6 Å². The van der Waals surface area contributed by atoms with E-state index in [-0.39, 0.29) is 11.3 Å². The second-order valence-corrected chi connectivity index (χ2v) is 15.3. The Bertz CT molecular complexity index is 3110. The van der Waals surface area contributed by atoms with Gasteiger partial charge in [-0.05, 0) is 107 Å². The van der Waals surface area contributed by atoms with Crippen LogP contribution in [0.4, 0.5) is 4.39 Å². The Morgan fingerprint density at radius 3 is 1.47 bits per heavy atom. The Labute approximate surface area is 356 Å². The molecule has 0 aliphatic heterocycles. The Hall–Kier alpha value is -6.73. The van der Waals surface area contributed by atoms with Crippen LogP contribution >= 0.6 is 34.8 Å². The number of pyridine rings is 1. The number of halogens is 4. The van der Waals surface area contributed by atoms with Gasteiger partial charge >= 0.3 is 5.56 Å². The molecule has 9 aromatic rings. The zero-order valence-corrected chi connectivity index (χ0v) is 34.1. The third-order valence-electron chi connectivity index (χ3n) is 9.47. The third kappa shape index (κ3) is 8.26. The van der Waals surface area contributed by atoms with Gasteiger partial charge in [0.2, 0.25) is 0 Å². The van der Waals surface area contributed by atoms with Crippen LogP contribution in [0.3, 0.4) is 0 Å². The number of benzene rings is 4. The summed E-state index contributed by atoms with van der Waals surface area (Å²) < 4.78 is 15.8. The first-order chi connectivity index (χ1) is 29.0. The predicted octanol–water partition coefficient (Wildman–Crippen LogP) is 10.00. The molecule has 5 heterocycles. The van der Waals surface area contributed by atoms with Crippen molar-refractivity contribution < 1.29 is 4.39 Å². The third-order valence-corrected chi connectivity index (χ3v) is 10.2. The molecule has 0 aliphatic rings. The summed E-state index contributed by atoms with van der Waals surface area (Å²) in [6, 6.07) is 31.3. The molecule has 0 fully saturated rings. The van der Waals surface area contributed by atoms with Crippen LogP contribution in [-0.4, -0.2) is 44.6 Å². The zero-order valence-electron chi connectivity index (χ0n) is 31.8. The van der Waals surface area contributed by atoms with Gasteiger partial charge in [0.25, 0.3) is 5.56 Å². The summed E-state index contributed by atoms with van der Waals surface area (Å²) in [5.41, 5.74) is 7.46. The molecule has 0 bridgehead atoms. The van der Waals surface area contributed by atoms with Gasteiger partial charge in [0.1, 0.15) is 11.5 Å². The van der Waals surface area contributed by atoms with Gasteiger partial charge in [0, 0.05) is 55.3 Å². The van der Waals surface area contributed by atoms with Gasteiger partial charge in [0.05, 0.1) is 12.4 Å². The Balaban J connectivity index is 0.000000167. The molecule has 0 atom stereocenters. The van der Waals surface area contributed by atoms with Crippen LogP contribution in [0.15, 0.2) is 144 Å². The van der Waals surface area contributed by atoms with E-state index in [1.165, 1.54) is 33.3 Å². The summed E-state index contributed by atoms with van der Waals surface area (Å²) >= 11 is 18.2. The molecule has 60 heavy (non-hydrogen) atoms. The molecule has 0 saturated carbocycles. The lowest BCUT2D eigenvalue weighted by Gasteiger charge is -2.13. The fourth-order valence-corrected chi connectivity index (χ4v) is 7.00. The standard InChI is InChI=1S/C23H13ClFN5O.C22H18Cl2N4O/c24-17-5-1-14(2-6-17)19-13-27-30-22(20(19)15-9-11-26-12-10-15)29-28-21(23(30)31)16-3-7-18(25)8-4-16;1-13(2)11-19-22(29)28-21(27-26-19)20(15-5-9-17(24)10-6-15)18(12-25-28)14-3-7-16(23)8-4-14/h1-13H;3-10,12-13H,11H2,1-2H3. The van der Waals surface area contributed by atoms with Crippen molar-refractivity contribution in [2.45, 2.75) is 20.3 Å². The highest BCUT2D eigenvalue weighted by Crippen LogP contribution is 2.36. The average Bonchev–Trinajstić information content (AvgIpc) is 3.26. The van der Waals surface area contributed by atoms with E-state index in [4.69, 9.17) is 34.8 Å². The van der Waals surface area contributed by atoms with Crippen molar-refractivity contribution in [1.82, 2.24) is 44.6 Å². The highest BCUT2D eigenvalue weighted by atomic mass is 35.5. The second-order valence-electron chi connectivity index (χ2n) is 14.0. The summed E-state index contributed by atoms with van der Waals surface area (Å²) in [5.74, 6) is -0.109. The first-order valence-corrected chi connectivity index (χ1v) is 19.7. The molecule has 11 nitrogen and oxygen atoms in total. The normalized spacial score (nSPS) is 11.2. The van der Waals surface area contributed by atoms with E-state index >= 15 is 0 Å². The topological polar surface area (TPSA) is 133 Å². The van der Waals surface area contributed by atoms with Crippen molar-refractivity contribution in [2.24, 2.45) is 5.92 Å². The van der Waals surface area contributed by atoms with Crippen LogP contribution in [0.2, 0.25) is 15.1 Å². The zero-order chi connectivity index (χ0) is 41.9. The molecule has 4 aromatic carbocycles. The predicted molar refractivity (Wildman–Crippen MR) is 233 cm³/mol. The van der Waals surface area contributed by atoms with Crippen molar-refractivity contribution in [3.05, 3.63) is 181 Å². The molecule has 9 rings (SSSR count). The van der Waals surface area contributed by atoms with Crippen molar-refractivity contribution in [2.75, 3.05) is 0 Å². The number of nitrogens with zero attached hydrogens (tertiary/aromatic N) is 9. The molecule has 15 heteroatoms. The van der Waals surface area contributed by atoms with Crippen molar-refractivity contribution >= 4 is 46.1 Å². The van der Waals surface area contributed by atoms with Crippen LogP contribution in [0.1, 0.15) is 19.5 Å². The van der Waals surface area contributed by atoms with Crippen LogP contribution in [0.5, 0.6) is 0 Å². The van der Waals surface area contributed by atoms with E-state index in [1.807, 2.05) is 74.5 Å². The maximum absolute atomic E-state index is 13.3. The highest BCUT2D eigenvalue weighted by molar-refractivity contribution is 6.31. The maximum Gasteiger partial charge on any atom is 0.301 e. The van der Waals surface area contributed by atoms with Crippen molar-refractivity contribution in [3.63, 3.8) is 0 Å². The van der Waals surface area contributed by atoms with E-state index in [1.54, 1.807) is 49.1 Å². The summed E-state index contributed by atoms with van der Waals surface area (Å²) in [4.78, 5) is 30.2. The Morgan fingerprint density at radius 1 is 0.533 bits per heavy atom. The Kier molecular flexibility index (Phi) is 11.5. The van der Waals surface area contributed by atoms with Gasteiger partial charge in [0.15, 0.2) is 17.0 Å². The number of hydrogen-bond acceptors (Lipinski definition) is 9. The van der Waals surface area contributed by atoms with Crippen molar-refractivity contribution in [1.29, 1.82) is 0 Å². The fraction of sp³-hybridized carbons (Fsp3) is 0.0889. The molecular formula is C45H31Cl3FN9O2. The average molecular weight is 855 g/mol. The molecule has 0 aliphatic carbocycles. The van der Waals surface area contributed by atoms with Crippen LogP contribution in [0, 0.1) is 11.7 Å². The minimum Gasteiger partial charge on any atom is -0.265 e. The lowest BCUT2D eigenvalue weighted by atomic mass is 9.97. The first-order valence-electron chi connectivity index (χ1n) is 18.6. The van der Waals surface area contributed by atoms with E-state index < -0.39 is 11.4 Å². The molecule has 0 unspecified atom stereocenters. The smallest absolute Gasteiger partial charge is 0.265 e. The van der Waals surface area contributed by atoms with Crippen molar-refractivity contribution in [3.8, 4) is 55.8 Å². The quantitative estimate of drug-likeness (QED) is 0.154. The number of hydrogen-bond donors (Lipinski definition) is 0. The number of fused-ring (bicyclic) bond motifs is 2.